The van der Waals surface area contributed by atoms with Crippen LogP contribution in [-0.2, 0) is 6.54 Å². The van der Waals surface area contributed by atoms with Gasteiger partial charge in [-0.25, -0.2) is 9.38 Å². The smallest absolute Gasteiger partial charge is 0.191 e. The van der Waals surface area contributed by atoms with Crippen LogP contribution in [0.5, 0.6) is 0 Å². The number of rotatable bonds is 5. The van der Waals surface area contributed by atoms with Crippen molar-refractivity contribution in [3.05, 3.63) is 65.9 Å². The summed E-state index contributed by atoms with van der Waals surface area (Å²) in [5.74, 6) is 1.54. The van der Waals surface area contributed by atoms with Gasteiger partial charge in [0.15, 0.2) is 17.4 Å². The number of halogens is 2. The molecule has 1 aliphatic carbocycles. The summed E-state index contributed by atoms with van der Waals surface area (Å²) in [4.78, 5) is 4.61. The maximum Gasteiger partial charge on any atom is 0.191 e. The third-order valence-electron chi connectivity index (χ3n) is 4.52. The van der Waals surface area contributed by atoms with Crippen LogP contribution < -0.4 is 10.6 Å². The first-order valence-corrected chi connectivity index (χ1v) is 8.84. The molecule has 0 spiro atoms. The predicted molar refractivity (Wildman–Crippen MR) is 114 cm³/mol. The van der Waals surface area contributed by atoms with Gasteiger partial charge in [0, 0.05) is 24.7 Å². The molecule has 0 bridgehead atoms. The van der Waals surface area contributed by atoms with Gasteiger partial charge in [-0.1, -0.05) is 24.3 Å². The molecule has 2 heterocycles. The van der Waals surface area contributed by atoms with E-state index in [9.17, 15) is 4.39 Å². The number of hydrogen-bond donors (Lipinski definition) is 2. The summed E-state index contributed by atoms with van der Waals surface area (Å²) in [6, 6.07) is 12.9. The van der Waals surface area contributed by atoms with Crippen molar-refractivity contribution in [2.75, 3.05) is 6.54 Å². The van der Waals surface area contributed by atoms with Gasteiger partial charge in [-0.3, -0.25) is 4.40 Å². The van der Waals surface area contributed by atoms with Crippen LogP contribution in [0.2, 0.25) is 0 Å². The molecule has 2 unspecified atom stereocenters. The number of pyridine rings is 1. The van der Waals surface area contributed by atoms with E-state index in [1.54, 1.807) is 6.07 Å². The fourth-order valence-electron chi connectivity index (χ4n) is 3.12. The molecular formula is C19H22FIN6. The highest BCUT2D eigenvalue weighted by Crippen LogP contribution is 2.41. The molecule has 2 aromatic heterocycles. The van der Waals surface area contributed by atoms with E-state index >= 15 is 0 Å². The lowest BCUT2D eigenvalue weighted by atomic mass is 10.1. The number of fused-ring (bicyclic) bond motifs is 1. The van der Waals surface area contributed by atoms with E-state index in [-0.39, 0.29) is 41.8 Å². The van der Waals surface area contributed by atoms with Crippen LogP contribution in [0.1, 0.15) is 30.7 Å². The molecule has 27 heavy (non-hydrogen) atoms. The molecule has 0 amide bonds. The van der Waals surface area contributed by atoms with Crippen LogP contribution in [0.3, 0.4) is 0 Å². The Morgan fingerprint density at radius 3 is 2.85 bits per heavy atom. The average molecular weight is 480 g/mol. The molecule has 0 aliphatic heterocycles. The van der Waals surface area contributed by atoms with Crippen molar-refractivity contribution in [3.63, 3.8) is 0 Å². The number of aromatic nitrogens is 3. The largest absolute Gasteiger partial charge is 0.357 e. The van der Waals surface area contributed by atoms with Gasteiger partial charge in [0.2, 0.25) is 0 Å². The molecule has 1 aromatic carbocycles. The molecule has 3 aromatic rings. The van der Waals surface area contributed by atoms with Crippen molar-refractivity contribution in [1.82, 2.24) is 25.2 Å². The molecule has 2 atom stereocenters. The number of nitrogens with one attached hydrogen (secondary N) is 2. The molecule has 1 fully saturated rings. The number of guanidine groups is 1. The summed E-state index contributed by atoms with van der Waals surface area (Å²) in [5, 5.41) is 15.0. The van der Waals surface area contributed by atoms with Gasteiger partial charge in [-0.05, 0) is 37.1 Å². The summed E-state index contributed by atoms with van der Waals surface area (Å²) in [6.07, 6.45) is 2.83. The number of aliphatic imine (C=N–C) groups is 1. The Balaban J connectivity index is 0.00000210. The van der Waals surface area contributed by atoms with E-state index in [1.165, 1.54) is 6.07 Å². The maximum absolute atomic E-state index is 13.9. The lowest BCUT2D eigenvalue weighted by Gasteiger charge is -2.11. The molecular weight excluding hydrogens is 458 g/mol. The zero-order valence-electron chi connectivity index (χ0n) is 15.0. The molecule has 2 N–H and O–H groups in total. The average Bonchev–Trinajstić information content (AvgIpc) is 3.29. The van der Waals surface area contributed by atoms with Crippen molar-refractivity contribution in [3.8, 4) is 0 Å². The Kier molecular flexibility index (Phi) is 6.25. The van der Waals surface area contributed by atoms with E-state index in [4.69, 9.17) is 0 Å². The second-order valence-corrected chi connectivity index (χ2v) is 6.35. The second kappa shape index (κ2) is 8.64. The molecule has 0 radical (unpaired) electrons. The minimum absolute atomic E-state index is 0. The van der Waals surface area contributed by atoms with Crippen LogP contribution in [0.15, 0.2) is 53.7 Å². The zero-order chi connectivity index (χ0) is 17.9. The van der Waals surface area contributed by atoms with Crippen molar-refractivity contribution >= 4 is 35.6 Å². The molecule has 0 saturated heterocycles. The van der Waals surface area contributed by atoms with Crippen LogP contribution >= 0.6 is 24.0 Å². The summed E-state index contributed by atoms with van der Waals surface area (Å²) < 4.78 is 15.9. The molecule has 6 nitrogen and oxygen atoms in total. The zero-order valence-corrected chi connectivity index (χ0v) is 17.3. The van der Waals surface area contributed by atoms with Crippen LogP contribution in [-0.4, -0.2) is 33.1 Å². The number of benzene rings is 1. The van der Waals surface area contributed by atoms with Gasteiger partial charge in [0.05, 0.1) is 0 Å². The monoisotopic (exact) mass is 480 g/mol. The minimum Gasteiger partial charge on any atom is -0.357 e. The first-order chi connectivity index (χ1) is 12.8. The van der Waals surface area contributed by atoms with Crippen molar-refractivity contribution in [1.29, 1.82) is 0 Å². The number of hydrogen-bond acceptors (Lipinski definition) is 3. The van der Waals surface area contributed by atoms with Gasteiger partial charge >= 0.3 is 0 Å². The van der Waals surface area contributed by atoms with E-state index in [1.807, 2.05) is 47.9 Å². The molecule has 1 saturated carbocycles. The molecule has 142 valence electrons. The first kappa shape index (κ1) is 19.5. The van der Waals surface area contributed by atoms with Crippen LogP contribution in [0.4, 0.5) is 4.39 Å². The Bertz CT molecular complexity index is 941. The predicted octanol–water partition coefficient (Wildman–Crippen LogP) is 3.10. The topological polar surface area (TPSA) is 66.6 Å². The van der Waals surface area contributed by atoms with Gasteiger partial charge in [0.1, 0.15) is 12.4 Å². The second-order valence-electron chi connectivity index (χ2n) is 6.35. The summed E-state index contributed by atoms with van der Waals surface area (Å²) in [7, 11) is 0. The van der Waals surface area contributed by atoms with Crippen LogP contribution in [0, 0.1) is 5.82 Å². The lowest BCUT2D eigenvalue weighted by Crippen LogP contribution is -2.39. The lowest BCUT2D eigenvalue weighted by molar-refractivity contribution is 0.607. The molecule has 8 heteroatoms. The van der Waals surface area contributed by atoms with Gasteiger partial charge in [-0.2, -0.15) is 0 Å². The standard InChI is InChI=1S/C19H21FN6.HI/c1-2-21-19(22-12-18-25-24-17-9-5-6-10-26(17)18)23-16-11-14(16)13-7-3-4-8-15(13)20;/h3-10,14,16H,2,11-12H2,1H3,(H2,21,22,23);1H. The van der Waals surface area contributed by atoms with Gasteiger partial charge < -0.3 is 10.6 Å². The van der Waals surface area contributed by atoms with Crippen molar-refractivity contribution in [2.45, 2.75) is 31.8 Å². The number of nitrogens with zero attached hydrogens (tertiary/aromatic N) is 4. The fourth-order valence-corrected chi connectivity index (χ4v) is 3.12. The Morgan fingerprint density at radius 2 is 2.04 bits per heavy atom. The normalized spacial score (nSPS) is 18.8. The van der Waals surface area contributed by atoms with E-state index in [0.29, 0.717) is 12.5 Å². The first-order valence-electron chi connectivity index (χ1n) is 8.84. The van der Waals surface area contributed by atoms with Crippen LogP contribution in [0.25, 0.3) is 5.65 Å². The quantitative estimate of drug-likeness (QED) is 0.335. The molecule has 1 aliphatic rings. The van der Waals surface area contributed by atoms with Crippen molar-refractivity contribution in [2.24, 2.45) is 4.99 Å². The Hall–Kier alpha value is -2.23. The third-order valence-corrected chi connectivity index (χ3v) is 4.52. The highest BCUT2D eigenvalue weighted by Gasteiger charge is 2.40. The summed E-state index contributed by atoms with van der Waals surface area (Å²) >= 11 is 0. The SMILES string of the molecule is CCNC(=NCc1nnc2ccccn12)NC1CC1c1ccccc1F.I. The minimum atomic E-state index is -0.140. The summed E-state index contributed by atoms with van der Waals surface area (Å²) in [5.41, 5.74) is 1.57. The van der Waals surface area contributed by atoms with Crippen molar-refractivity contribution < 1.29 is 4.39 Å². The van der Waals surface area contributed by atoms with Gasteiger partial charge in [-0.15, -0.1) is 34.2 Å². The Labute approximate surface area is 174 Å². The van der Waals surface area contributed by atoms with Gasteiger partial charge in [0.25, 0.3) is 0 Å². The Morgan fingerprint density at radius 1 is 1.22 bits per heavy atom. The highest BCUT2D eigenvalue weighted by atomic mass is 127. The highest BCUT2D eigenvalue weighted by molar-refractivity contribution is 14.0. The summed E-state index contributed by atoms with van der Waals surface area (Å²) in [6.45, 7) is 3.19. The van der Waals surface area contributed by atoms with E-state index in [2.05, 4.69) is 25.8 Å². The third kappa shape index (κ3) is 4.37. The maximum atomic E-state index is 13.9. The molecule has 4 rings (SSSR count). The van der Waals surface area contributed by atoms with E-state index < -0.39 is 0 Å². The fraction of sp³-hybridized carbons (Fsp3) is 0.316. The van der Waals surface area contributed by atoms with E-state index in [0.717, 1.165) is 30.0 Å².